The zero-order valence-electron chi connectivity index (χ0n) is 16.1. The molecule has 0 heterocycles. The van der Waals surface area contributed by atoms with Crippen LogP contribution in [0.3, 0.4) is 0 Å². The molecule has 3 rings (SSSR count). The summed E-state index contributed by atoms with van der Waals surface area (Å²) >= 11 is 0. The zero-order chi connectivity index (χ0) is 19.4. The summed E-state index contributed by atoms with van der Waals surface area (Å²) in [5.41, 5.74) is 3.00. The van der Waals surface area contributed by atoms with Gasteiger partial charge in [-0.05, 0) is 54.3 Å². The van der Waals surface area contributed by atoms with Crippen molar-refractivity contribution in [3.63, 3.8) is 0 Å². The number of aryl methyl sites for hydroxylation is 1. The van der Waals surface area contributed by atoms with Gasteiger partial charge >= 0.3 is 0 Å². The second-order valence-electron chi connectivity index (χ2n) is 6.42. The fourth-order valence-corrected chi connectivity index (χ4v) is 3.53. The number of carbonyl (C=O) groups excluding carboxylic acids is 1. The highest BCUT2D eigenvalue weighted by molar-refractivity contribution is 5.94. The molecule has 0 fully saturated rings. The lowest BCUT2D eigenvalue weighted by Gasteiger charge is -2.16. The molecule has 27 heavy (non-hydrogen) atoms. The van der Waals surface area contributed by atoms with Crippen LogP contribution in [-0.4, -0.2) is 40.9 Å². The van der Waals surface area contributed by atoms with Crippen molar-refractivity contribution < 1.29 is 23.7 Å². The molecule has 0 aromatic heterocycles. The monoisotopic (exact) mass is 371 g/mol. The molecule has 2 aromatic rings. The summed E-state index contributed by atoms with van der Waals surface area (Å²) in [6.45, 7) is 0.565. The van der Waals surface area contributed by atoms with E-state index in [-0.39, 0.29) is 11.8 Å². The van der Waals surface area contributed by atoms with Gasteiger partial charge in [0.2, 0.25) is 0 Å². The van der Waals surface area contributed by atoms with Crippen LogP contribution in [0.15, 0.2) is 30.3 Å². The first-order valence-electron chi connectivity index (χ1n) is 8.86. The maximum atomic E-state index is 12.6. The Balaban J connectivity index is 1.71. The van der Waals surface area contributed by atoms with E-state index in [2.05, 4.69) is 5.32 Å². The van der Waals surface area contributed by atoms with Crippen LogP contribution in [0, 0.1) is 0 Å². The normalized spacial score (nSPS) is 15.0. The number of fused-ring (bicyclic) bond motifs is 1. The summed E-state index contributed by atoms with van der Waals surface area (Å²) in [7, 11) is 6.39. The number of rotatable bonds is 7. The van der Waals surface area contributed by atoms with Crippen LogP contribution in [-0.2, 0) is 6.42 Å². The van der Waals surface area contributed by atoms with Crippen LogP contribution in [0.25, 0.3) is 0 Å². The molecule has 144 valence electrons. The summed E-state index contributed by atoms with van der Waals surface area (Å²) in [5, 5.41) is 3.03. The molecule has 6 heteroatoms. The first-order chi connectivity index (χ1) is 13.1. The first-order valence-corrected chi connectivity index (χ1v) is 8.86. The maximum Gasteiger partial charge on any atom is 0.251 e. The van der Waals surface area contributed by atoms with Gasteiger partial charge in [-0.1, -0.05) is 0 Å². The highest BCUT2D eigenvalue weighted by atomic mass is 16.5. The van der Waals surface area contributed by atoms with Crippen LogP contribution < -0.4 is 24.3 Å². The van der Waals surface area contributed by atoms with Crippen molar-refractivity contribution in [2.24, 2.45) is 0 Å². The van der Waals surface area contributed by atoms with Crippen LogP contribution in [0.2, 0.25) is 0 Å². The third-order valence-corrected chi connectivity index (χ3v) is 5.00. The van der Waals surface area contributed by atoms with Crippen LogP contribution in [0.4, 0.5) is 0 Å². The van der Waals surface area contributed by atoms with E-state index in [1.54, 1.807) is 46.6 Å². The van der Waals surface area contributed by atoms with E-state index in [0.29, 0.717) is 23.6 Å². The third-order valence-electron chi connectivity index (χ3n) is 5.00. The van der Waals surface area contributed by atoms with Crippen LogP contribution in [0.5, 0.6) is 23.0 Å². The molecule has 0 bridgehead atoms. The predicted molar refractivity (Wildman–Crippen MR) is 102 cm³/mol. The van der Waals surface area contributed by atoms with Gasteiger partial charge in [0, 0.05) is 18.0 Å². The largest absolute Gasteiger partial charge is 0.493 e. The Morgan fingerprint density at radius 2 is 1.56 bits per heavy atom. The topological polar surface area (TPSA) is 66.0 Å². The number of ether oxygens (including phenoxy) is 4. The molecule has 0 saturated heterocycles. The van der Waals surface area contributed by atoms with Crippen molar-refractivity contribution in [1.82, 2.24) is 5.32 Å². The number of benzene rings is 2. The Kier molecular flexibility index (Phi) is 5.74. The minimum Gasteiger partial charge on any atom is -0.493 e. The molecule has 1 amide bonds. The molecule has 1 unspecified atom stereocenters. The van der Waals surface area contributed by atoms with Gasteiger partial charge in [0.25, 0.3) is 5.91 Å². The average Bonchev–Trinajstić information content (AvgIpc) is 3.11. The molecular weight excluding hydrogens is 346 g/mol. The molecule has 0 aliphatic heterocycles. The Hall–Kier alpha value is -2.89. The molecule has 6 nitrogen and oxygen atoms in total. The maximum absolute atomic E-state index is 12.6. The van der Waals surface area contributed by atoms with Crippen molar-refractivity contribution in [2.75, 3.05) is 35.0 Å². The zero-order valence-corrected chi connectivity index (χ0v) is 16.1. The molecule has 1 aliphatic carbocycles. The van der Waals surface area contributed by atoms with Gasteiger partial charge in [-0.3, -0.25) is 4.79 Å². The van der Waals surface area contributed by atoms with Crippen molar-refractivity contribution >= 4 is 5.91 Å². The van der Waals surface area contributed by atoms with Crippen molar-refractivity contribution in [3.8, 4) is 23.0 Å². The van der Waals surface area contributed by atoms with Gasteiger partial charge in [-0.25, -0.2) is 0 Å². The summed E-state index contributed by atoms with van der Waals surface area (Å²) in [5.74, 6) is 2.71. The van der Waals surface area contributed by atoms with Crippen molar-refractivity contribution in [1.29, 1.82) is 0 Å². The van der Waals surface area contributed by atoms with Gasteiger partial charge in [0.15, 0.2) is 23.0 Å². The van der Waals surface area contributed by atoms with E-state index in [9.17, 15) is 4.79 Å². The van der Waals surface area contributed by atoms with Gasteiger partial charge in [-0.15, -0.1) is 0 Å². The lowest BCUT2D eigenvalue weighted by molar-refractivity contribution is 0.0950. The second kappa shape index (κ2) is 8.20. The molecule has 1 atom stereocenters. The molecule has 0 saturated carbocycles. The van der Waals surface area contributed by atoms with E-state index in [1.807, 2.05) is 12.1 Å². The number of methoxy groups -OCH3 is 4. The molecular formula is C21H25NO5. The standard InChI is InChI=1S/C21H25NO5/c1-24-17-8-7-14(10-18(17)25-2)21(23)22-12-15-6-5-13-9-19(26-3)20(27-4)11-16(13)15/h7-11,15H,5-6,12H2,1-4H3,(H,22,23). The highest BCUT2D eigenvalue weighted by Gasteiger charge is 2.25. The Morgan fingerprint density at radius 3 is 2.22 bits per heavy atom. The van der Waals surface area contributed by atoms with E-state index < -0.39 is 0 Å². The summed E-state index contributed by atoms with van der Waals surface area (Å²) in [4.78, 5) is 12.6. The van der Waals surface area contributed by atoms with Gasteiger partial charge in [0.1, 0.15) is 0 Å². The number of hydrogen-bond acceptors (Lipinski definition) is 5. The lowest BCUT2D eigenvalue weighted by atomic mass is 10.0. The SMILES string of the molecule is COc1ccc(C(=O)NCC2CCc3cc(OC)c(OC)cc32)cc1OC. The number of nitrogens with one attached hydrogen (secondary N) is 1. The van der Waals surface area contributed by atoms with Gasteiger partial charge in [0.05, 0.1) is 28.4 Å². The second-order valence-corrected chi connectivity index (χ2v) is 6.42. The quantitative estimate of drug-likeness (QED) is 0.810. The highest BCUT2D eigenvalue weighted by Crippen LogP contribution is 2.40. The first kappa shape index (κ1) is 18.9. The number of carbonyl (C=O) groups is 1. The predicted octanol–water partition coefficient (Wildman–Crippen LogP) is 3.18. The molecule has 1 aliphatic rings. The molecule has 1 N–H and O–H groups in total. The summed E-state index contributed by atoms with van der Waals surface area (Å²) in [6, 6.07) is 9.20. The molecule has 0 spiro atoms. The minimum absolute atomic E-state index is 0.134. The summed E-state index contributed by atoms with van der Waals surface area (Å²) < 4.78 is 21.3. The van der Waals surface area contributed by atoms with E-state index in [1.165, 1.54) is 11.1 Å². The Morgan fingerprint density at radius 1 is 0.926 bits per heavy atom. The van der Waals surface area contributed by atoms with Gasteiger partial charge < -0.3 is 24.3 Å². The fraction of sp³-hybridized carbons (Fsp3) is 0.381. The van der Waals surface area contributed by atoms with Crippen molar-refractivity contribution in [3.05, 3.63) is 47.0 Å². The van der Waals surface area contributed by atoms with Crippen molar-refractivity contribution in [2.45, 2.75) is 18.8 Å². The Labute approximate surface area is 159 Å². The van der Waals surface area contributed by atoms with Crippen LogP contribution >= 0.6 is 0 Å². The average molecular weight is 371 g/mol. The van der Waals surface area contributed by atoms with Gasteiger partial charge in [-0.2, -0.15) is 0 Å². The minimum atomic E-state index is -0.134. The smallest absolute Gasteiger partial charge is 0.251 e. The number of hydrogen-bond donors (Lipinski definition) is 1. The molecule has 0 radical (unpaired) electrons. The van der Waals surface area contributed by atoms with E-state index >= 15 is 0 Å². The lowest BCUT2D eigenvalue weighted by Crippen LogP contribution is -2.27. The number of amides is 1. The van der Waals surface area contributed by atoms with Crippen LogP contribution in [0.1, 0.15) is 33.8 Å². The third kappa shape index (κ3) is 3.79. The van der Waals surface area contributed by atoms with E-state index in [0.717, 1.165) is 24.3 Å². The summed E-state index contributed by atoms with van der Waals surface area (Å²) in [6.07, 6.45) is 1.95. The fourth-order valence-electron chi connectivity index (χ4n) is 3.53. The Bertz CT molecular complexity index is 834. The van der Waals surface area contributed by atoms with E-state index in [4.69, 9.17) is 18.9 Å². The molecule has 2 aromatic carbocycles.